The quantitative estimate of drug-likeness (QED) is 0.670. The topological polar surface area (TPSA) is 43.8 Å². The molecule has 0 spiro atoms. The van der Waals surface area contributed by atoms with Crippen molar-refractivity contribution in [3.63, 3.8) is 0 Å². The van der Waals surface area contributed by atoms with E-state index in [1.165, 1.54) is 0 Å². The first-order valence-corrected chi connectivity index (χ1v) is 7.75. The van der Waals surface area contributed by atoms with Crippen LogP contribution in [0, 0.1) is 0 Å². The molecule has 0 aliphatic rings. The second-order valence-electron chi connectivity index (χ2n) is 4.20. The van der Waals surface area contributed by atoms with Gasteiger partial charge in [-0.1, -0.05) is 30.7 Å². The molecule has 0 aliphatic heterocycles. The minimum atomic E-state index is 0.786. The van der Waals surface area contributed by atoms with E-state index in [2.05, 4.69) is 18.9 Å². The second-order valence-corrected chi connectivity index (χ2v) is 5.60. The third kappa shape index (κ3) is 3.07. The van der Waals surface area contributed by atoms with Gasteiger partial charge in [-0.05, 0) is 25.5 Å². The Morgan fingerprint density at radius 2 is 2.05 bits per heavy atom. The molecule has 0 atom stereocenters. The highest BCUT2D eigenvalue weighted by Crippen LogP contribution is 2.31. The fourth-order valence-electron chi connectivity index (χ4n) is 1.91. The number of hydrogen-bond acceptors (Lipinski definition) is 3. The first-order valence-electron chi connectivity index (χ1n) is 6.38. The van der Waals surface area contributed by atoms with E-state index in [4.69, 9.17) is 17.3 Å². The van der Waals surface area contributed by atoms with Gasteiger partial charge in [-0.15, -0.1) is 11.8 Å². The van der Waals surface area contributed by atoms with Gasteiger partial charge in [-0.2, -0.15) is 5.10 Å². The molecule has 0 radical (unpaired) electrons. The number of hydrogen-bond donors (Lipinski definition) is 1. The lowest BCUT2D eigenvalue weighted by molar-refractivity contribution is 0.628. The largest absolute Gasteiger partial charge is 0.398 e. The second kappa shape index (κ2) is 6.35. The van der Waals surface area contributed by atoms with Gasteiger partial charge in [0.1, 0.15) is 0 Å². The lowest BCUT2D eigenvalue weighted by Gasteiger charge is -2.07. The minimum Gasteiger partial charge on any atom is -0.398 e. The van der Waals surface area contributed by atoms with Crippen LogP contribution >= 0.6 is 23.4 Å². The van der Waals surface area contributed by atoms with Crippen molar-refractivity contribution in [3.05, 3.63) is 40.7 Å². The van der Waals surface area contributed by atoms with Crippen molar-refractivity contribution in [2.45, 2.75) is 37.5 Å². The number of anilines is 1. The van der Waals surface area contributed by atoms with Gasteiger partial charge in [0.25, 0.3) is 0 Å². The van der Waals surface area contributed by atoms with Crippen LogP contribution in [0.25, 0.3) is 0 Å². The van der Waals surface area contributed by atoms with Crippen LogP contribution < -0.4 is 5.73 Å². The van der Waals surface area contributed by atoms with Crippen molar-refractivity contribution in [1.29, 1.82) is 0 Å². The van der Waals surface area contributed by atoms with Gasteiger partial charge >= 0.3 is 0 Å². The molecule has 19 heavy (non-hydrogen) atoms. The Morgan fingerprint density at radius 1 is 1.32 bits per heavy atom. The lowest BCUT2D eigenvalue weighted by atomic mass is 10.3. The summed E-state index contributed by atoms with van der Waals surface area (Å²) >= 11 is 8.08. The van der Waals surface area contributed by atoms with Gasteiger partial charge in [0.2, 0.25) is 0 Å². The number of para-hydroxylation sites is 1. The SMILES string of the molecule is CCc1nn(CC)c(CSc2ccccc2N)c1Cl. The molecule has 0 saturated heterocycles. The van der Waals surface area contributed by atoms with Crippen molar-refractivity contribution in [3.8, 4) is 0 Å². The molecule has 1 aromatic carbocycles. The summed E-state index contributed by atoms with van der Waals surface area (Å²) in [6, 6.07) is 7.88. The molecule has 0 bridgehead atoms. The Bertz CT molecular complexity index is 566. The summed E-state index contributed by atoms with van der Waals surface area (Å²) in [5.74, 6) is 0.786. The van der Waals surface area contributed by atoms with E-state index in [-0.39, 0.29) is 0 Å². The first kappa shape index (κ1) is 14.3. The number of nitrogens with zero attached hydrogens (tertiary/aromatic N) is 2. The Morgan fingerprint density at radius 3 is 2.68 bits per heavy atom. The Labute approximate surface area is 123 Å². The van der Waals surface area contributed by atoms with Crippen LogP contribution in [-0.4, -0.2) is 9.78 Å². The number of halogens is 1. The molecule has 2 N–H and O–H groups in total. The highest BCUT2D eigenvalue weighted by Gasteiger charge is 2.14. The van der Waals surface area contributed by atoms with Crippen LogP contribution in [0.5, 0.6) is 0 Å². The van der Waals surface area contributed by atoms with Gasteiger partial charge in [-0.25, -0.2) is 0 Å². The van der Waals surface area contributed by atoms with Gasteiger partial charge in [-0.3, -0.25) is 4.68 Å². The van der Waals surface area contributed by atoms with Crippen molar-refractivity contribution in [1.82, 2.24) is 9.78 Å². The Hall–Kier alpha value is -1.13. The summed E-state index contributed by atoms with van der Waals surface area (Å²) in [6.45, 7) is 4.98. The number of rotatable bonds is 5. The molecule has 1 heterocycles. The van der Waals surface area contributed by atoms with Crippen LogP contribution in [0.4, 0.5) is 5.69 Å². The minimum absolute atomic E-state index is 0.786. The molecule has 0 aliphatic carbocycles. The molecule has 3 nitrogen and oxygen atoms in total. The highest BCUT2D eigenvalue weighted by molar-refractivity contribution is 7.98. The van der Waals surface area contributed by atoms with Gasteiger partial charge in [0.15, 0.2) is 0 Å². The number of aromatic nitrogens is 2. The number of nitrogen functional groups attached to an aromatic ring is 1. The van der Waals surface area contributed by atoms with E-state index in [0.717, 1.165) is 45.7 Å². The molecular formula is C14H18ClN3S. The Balaban J connectivity index is 2.20. The highest BCUT2D eigenvalue weighted by atomic mass is 35.5. The van der Waals surface area contributed by atoms with Crippen molar-refractivity contribution < 1.29 is 0 Å². The van der Waals surface area contributed by atoms with E-state index in [1.807, 2.05) is 28.9 Å². The predicted molar refractivity (Wildman–Crippen MR) is 82.7 cm³/mol. The Kier molecular flexibility index (Phi) is 4.77. The van der Waals surface area contributed by atoms with E-state index in [9.17, 15) is 0 Å². The number of aryl methyl sites for hydroxylation is 2. The molecule has 0 amide bonds. The maximum atomic E-state index is 6.39. The molecule has 5 heteroatoms. The first-order chi connectivity index (χ1) is 9.17. The summed E-state index contributed by atoms with van der Waals surface area (Å²) in [7, 11) is 0. The molecule has 0 fully saturated rings. The molecule has 102 valence electrons. The van der Waals surface area contributed by atoms with E-state index in [1.54, 1.807) is 11.8 Å². The zero-order valence-electron chi connectivity index (χ0n) is 11.2. The number of thioether (sulfide) groups is 1. The average molecular weight is 296 g/mol. The number of nitrogens with two attached hydrogens (primary N) is 1. The smallest absolute Gasteiger partial charge is 0.0858 e. The standard InChI is InChI=1S/C14H18ClN3S/c1-3-11-14(15)12(18(4-2)17-11)9-19-13-8-6-5-7-10(13)16/h5-8H,3-4,9,16H2,1-2H3. The third-order valence-corrected chi connectivity index (χ3v) is 4.51. The van der Waals surface area contributed by atoms with E-state index < -0.39 is 0 Å². The molecular weight excluding hydrogens is 278 g/mol. The van der Waals surface area contributed by atoms with Crippen molar-refractivity contribution >= 4 is 29.1 Å². The van der Waals surface area contributed by atoms with Crippen LogP contribution in [0.3, 0.4) is 0 Å². The maximum absolute atomic E-state index is 6.39. The van der Waals surface area contributed by atoms with E-state index >= 15 is 0 Å². The average Bonchev–Trinajstić information content (AvgIpc) is 2.74. The molecule has 0 saturated carbocycles. The summed E-state index contributed by atoms with van der Waals surface area (Å²) < 4.78 is 1.98. The zero-order valence-corrected chi connectivity index (χ0v) is 12.8. The summed E-state index contributed by atoms with van der Waals surface area (Å²) in [4.78, 5) is 1.08. The summed E-state index contributed by atoms with van der Waals surface area (Å²) in [6.07, 6.45) is 0.858. The summed E-state index contributed by atoms with van der Waals surface area (Å²) in [5.41, 5.74) is 8.81. The van der Waals surface area contributed by atoms with Gasteiger partial charge < -0.3 is 5.73 Å². The summed E-state index contributed by atoms with van der Waals surface area (Å²) in [5, 5.41) is 5.32. The van der Waals surface area contributed by atoms with Crippen LogP contribution in [0.2, 0.25) is 5.02 Å². The normalized spacial score (nSPS) is 10.9. The third-order valence-electron chi connectivity index (χ3n) is 2.98. The van der Waals surface area contributed by atoms with Crippen LogP contribution in [0.1, 0.15) is 25.2 Å². The molecule has 0 unspecified atom stereocenters. The molecule has 2 rings (SSSR count). The molecule has 2 aromatic rings. The fraction of sp³-hybridized carbons (Fsp3) is 0.357. The fourth-order valence-corrected chi connectivity index (χ4v) is 3.32. The van der Waals surface area contributed by atoms with Gasteiger partial charge in [0.05, 0.1) is 16.4 Å². The number of benzene rings is 1. The maximum Gasteiger partial charge on any atom is 0.0858 e. The van der Waals surface area contributed by atoms with Gasteiger partial charge in [0, 0.05) is 22.9 Å². The van der Waals surface area contributed by atoms with Crippen LogP contribution in [0.15, 0.2) is 29.2 Å². The lowest BCUT2D eigenvalue weighted by Crippen LogP contribution is -2.02. The zero-order chi connectivity index (χ0) is 13.8. The van der Waals surface area contributed by atoms with Crippen LogP contribution in [-0.2, 0) is 18.7 Å². The van der Waals surface area contributed by atoms with E-state index in [0.29, 0.717) is 0 Å². The molecule has 1 aromatic heterocycles. The van der Waals surface area contributed by atoms with Crippen molar-refractivity contribution in [2.75, 3.05) is 5.73 Å². The predicted octanol–water partition coefficient (Wildman–Crippen LogP) is 3.99. The monoisotopic (exact) mass is 295 g/mol. The van der Waals surface area contributed by atoms with Crippen molar-refractivity contribution in [2.24, 2.45) is 0 Å².